The van der Waals surface area contributed by atoms with Crippen LogP contribution in [-0.4, -0.2) is 23.5 Å². The Bertz CT molecular complexity index is 92.1. The van der Waals surface area contributed by atoms with E-state index in [4.69, 9.17) is 4.74 Å². The zero-order chi connectivity index (χ0) is 7.94. The van der Waals surface area contributed by atoms with E-state index >= 15 is 0 Å². The average Bonchev–Trinajstić information content (AvgIpc) is 2.07. The maximum atomic E-state index is 5.66. The number of thioether (sulfide) groups is 1. The van der Waals surface area contributed by atoms with Gasteiger partial charge in [0.15, 0.2) is 0 Å². The van der Waals surface area contributed by atoms with E-state index in [0.29, 0.717) is 5.44 Å². The summed E-state index contributed by atoms with van der Waals surface area (Å²) < 4.78 is 5.66. The van der Waals surface area contributed by atoms with Gasteiger partial charge >= 0.3 is 0 Å². The summed E-state index contributed by atoms with van der Waals surface area (Å²) in [4.78, 5) is 0. The Labute approximate surface area is 78.7 Å². The topological polar surface area (TPSA) is 9.23 Å². The van der Waals surface area contributed by atoms with E-state index < -0.39 is 0 Å². The predicted octanol–water partition coefficient (Wildman–Crippen LogP) is 1.65. The smallest absolute Gasteiger partial charge is 0.105 e. The van der Waals surface area contributed by atoms with Crippen LogP contribution in [0.15, 0.2) is 0 Å². The van der Waals surface area contributed by atoms with Crippen molar-refractivity contribution in [2.24, 2.45) is 0 Å². The Kier molecular flexibility index (Phi) is 5.50. The lowest BCUT2D eigenvalue weighted by Crippen LogP contribution is -2.14. The largest absolute Gasteiger partial charge is 0.367 e. The van der Waals surface area contributed by atoms with Gasteiger partial charge in [-0.2, -0.15) is 0 Å². The molecule has 0 bridgehead atoms. The van der Waals surface area contributed by atoms with Gasteiger partial charge in [0.05, 0.1) is 6.61 Å². The van der Waals surface area contributed by atoms with E-state index in [1.807, 2.05) is 11.8 Å². The van der Waals surface area contributed by atoms with E-state index in [0.717, 1.165) is 18.8 Å². The van der Waals surface area contributed by atoms with Gasteiger partial charge in [-0.25, -0.2) is 0 Å². The van der Waals surface area contributed by atoms with Crippen LogP contribution in [0, 0.1) is 0 Å². The molecule has 0 radical (unpaired) electrons. The second-order valence-corrected chi connectivity index (χ2v) is 4.54. The number of rotatable bonds is 4. The number of hydrogen-bond donors (Lipinski definition) is 0. The lowest BCUT2D eigenvalue weighted by Gasteiger charge is -2.20. The summed E-state index contributed by atoms with van der Waals surface area (Å²) in [5, 5.41) is 0. The highest BCUT2D eigenvalue weighted by atomic mass is 32.2. The Morgan fingerprint density at radius 2 is 2.36 bits per heavy atom. The van der Waals surface area contributed by atoms with Crippen molar-refractivity contribution in [2.75, 3.05) is 18.1 Å². The molecule has 66 valence electrons. The van der Waals surface area contributed by atoms with Crippen LogP contribution in [0.5, 0.6) is 0 Å². The van der Waals surface area contributed by atoms with Crippen LogP contribution in [0.2, 0.25) is 0 Å². The molecule has 1 fully saturated rings. The lowest BCUT2D eigenvalue weighted by molar-refractivity contribution is 0.104. The summed E-state index contributed by atoms with van der Waals surface area (Å²) in [5.74, 6) is 2.34. The molecule has 1 rings (SSSR count). The average molecular weight is 193 g/mol. The molecule has 0 aromatic carbocycles. The second-order valence-electron chi connectivity index (χ2n) is 2.77. The Balaban J connectivity index is 1.96. The van der Waals surface area contributed by atoms with Crippen LogP contribution >= 0.6 is 11.8 Å². The van der Waals surface area contributed by atoms with Gasteiger partial charge in [0.1, 0.15) is 11.2 Å². The van der Waals surface area contributed by atoms with Crippen LogP contribution in [0.4, 0.5) is 0 Å². The molecule has 0 spiro atoms. The maximum Gasteiger partial charge on any atom is 0.105 e. The number of hydrogen-bond acceptors (Lipinski definition) is 2. The summed E-state index contributed by atoms with van der Waals surface area (Å²) in [7, 11) is 0. The first-order chi connectivity index (χ1) is 5.43. The van der Waals surface area contributed by atoms with Crippen LogP contribution in [0.25, 0.3) is 0 Å². The van der Waals surface area contributed by atoms with Crippen molar-refractivity contribution in [1.82, 2.24) is 0 Å². The van der Waals surface area contributed by atoms with E-state index in [2.05, 4.69) is 12.6 Å². The van der Waals surface area contributed by atoms with Gasteiger partial charge in [-0.3, -0.25) is 0 Å². The van der Waals surface area contributed by atoms with Crippen molar-refractivity contribution in [2.45, 2.75) is 31.1 Å². The van der Waals surface area contributed by atoms with Gasteiger partial charge < -0.3 is 4.74 Å². The first-order valence-electron chi connectivity index (χ1n) is 4.31. The molecule has 3 heteroatoms. The fourth-order valence-corrected chi connectivity index (χ4v) is 2.43. The highest BCUT2D eigenvalue weighted by molar-refractivity contribution is 7.99. The molecule has 0 N–H and O–H groups in total. The molecule has 0 amide bonds. The Hall–Kier alpha value is 0.660. The molecule has 1 aliphatic rings. The SMILES string of the molecule is [SH2+]CCCOC1CCCCS1. The monoisotopic (exact) mass is 193 g/mol. The quantitative estimate of drug-likeness (QED) is 0.496. The maximum absolute atomic E-state index is 5.66. The molecule has 1 heterocycles. The van der Waals surface area contributed by atoms with Gasteiger partial charge in [0.2, 0.25) is 0 Å². The number of ether oxygens (including phenoxy) is 1. The van der Waals surface area contributed by atoms with Gasteiger partial charge in [-0.15, -0.1) is 11.8 Å². The van der Waals surface area contributed by atoms with Crippen LogP contribution in [-0.2, 0) is 17.4 Å². The van der Waals surface area contributed by atoms with E-state index in [1.165, 1.54) is 25.0 Å². The second kappa shape index (κ2) is 6.21. The van der Waals surface area contributed by atoms with Gasteiger partial charge in [0.25, 0.3) is 0 Å². The first kappa shape index (κ1) is 9.75. The summed E-state index contributed by atoms with van der Waals surface area (Å²) in [6.45, 7) is 0.918. The minimum absolute atomic E-state index is 0.502. The highest BCUT2D eigenvalue weighted by Crippen LogP contribution is 2.25. The summed E-state index contributed by atoms with van der Waals surface area (Å²) in [5.41, 5.74) is 0.502. The molecular weight excluding hydrogens is 176 g/mol. The molecule has 1 saturated heterocycles. The predicted molar refractivity (Wildman–Crippen MR) is 55.7 cm³/mol. The van der Waals surface area contributed by atoms with E-state index in [1.54, 1.807) is 0 Å². The molecule has 0 saturated carbocycles. The van der Waals surface area contributed by atoms with Gasteiger partial charge in [-0.05, 0) is 37.6 Å². The molecule has 0 aromatic rings. The molecule has 1 atom stereocenters. The van der Waals surface area contributed by atoms with E-state index in [-0.39, 0.29) is 0 Å². The molecular formula is C8H17OS2+. The minimum atomic E-state index is 0.502. The standard InChI is InChI=1S/C8H16OS2/c10-6-3-5-9-8-4-1-2-7-11-8/h8,10H,1-7H2/p+1. The minimum Gasteiger partial charge on any atom is -0.367 e. The van der Waals surface area contributed by atoms with E-state index in [9.17, 15) is 0 Å². The van der Waals surface area contributed by atoms with Crippen molar-refractivity contribution < 1.29 is 4.74 Å². The Morgan fingerprint density at radius 3 is 3.00 bits per heavy atom. The fourth-order valence-electron chi connectivity index (χ4n) is 1.13. The summed E-state index contributed by atoms with van der Waals surface area (Å²) >= 11 is 5.41. The van der Waals surface area contributed by atoms with Crippen molar-refractivity contribution >= 4 is 24.4 Å². The van der Waals surface area contributed by atoms with Crippen molar-refractivity contribution in [1.29, 1.82) is 0 Å². The Morgan fingerprint density at radius 1 is 1.45 bits per heavy atom. The van der Waals surface area contributed by atoms with Crippen molar-refractivity contribution in [3.63, 3.8) is 0 Å². The normalized spacial score (nSPS) is 25.4. The summed E-state index contributed by atoms with van der Waals surface area (Å²) in [6, 6.07) is 0. The fraction of sp³-hybridized carbons (Fsp3) is 1.00. The zero-order valence-electron chi connectivity index (χ0n) is 6.84. The molecule has 0 aliphatic carbocycles. The molecule has 11 heavy (non-hydrogen) atoms. The van der Waals surface area contributed by atoms with Crippen LogP contribution < -0.4 is 0 Å². The van der Waals surface area contributed by atoms with Crippen LogP contribution in [0.3, 0.4) is 0 Å². The van der Waals surface area contributed by atoms with Crippen LogP contribution in [0.1, 0.15) is 25.7 Å². The third-order valence-electron chi connectivity index (χ3n) is 1.76. The van der Waals surface area contributed by atoms with Gasteiger partial charge in [-0.1, -0.05) is 0 Å². The van der Waals surface area contributed by atoms with Crippen molar-refractivity contribution in [3.8, 4) is 0 Å². The third-order valence-corrected chi connectivity index (χ3v) is 3.38. The van der Waals surface area contributed by atoms with Crippen molar-refractivity contribution in [3.05, 3.63) is 0 Å². The summed E-state index contributed by atoms with van der Waals surface area (Å²) in [6.07, 6.45) is 5.12. The zero-order valence-corrected chi connectivity index (χ0v) is 8.66. The van der Waals surface area contributed by atoms with Gasteiger partial charge in [0, 0.05) is 6.42 Å². The molecule has 1 unspecified atom stereocenters. The molecule has 1 nitrogen and oxygen atoms in total. The third kappa shape index (κ3) is 4.28. The lowest BCUT2D eigenvalue weighted by atomic mass is 10.2. The first-order valence-corrected chi connectivity index (χ1v) is 6.07. The molecule has 0 aromatic heterocycles. The molecule has 1 aliphatic heterocycles. The highest BCUT2D eigenvalue weighted by Gasteiger charge is 2.13.